The summed E-state index contributed by atoms with van der Waals surface area (Å²) in [5.74, 6) is 0. The average Bonchev–Trinajstić information content (AvgIpc) is 2.91. The van der Waals surface area contributed by atoms with Crippen molar-refractivity contribution in [3.05, 3.63) is 91.0 Å². The highest BCUT2D eigenvalue weighted by atomic mass is 79.9. The van der Waals surface area contributed by atoms with Crippen LogP contribution in [0.15, 0.2) is 65.1 Å². The molecule has 0 N–H and O–H groups in total. The molecule has 3 aromatic rings. The molecule has 0 atom stereocenters. The maximum absolute atomic E-state index is 6.27. The van der Waals surface area contributed by atoms with E-state index in [4.69, 9.17) is 11.6 Å². The third-order valence-electron chi connectivity index (χ3n) is 3.31. The van der Waals surface area contributed by atoms with Crippen LogP contribution in [0.3, 0.4) is 0 Å². The van der Waals surface area contributed by atoms with Crippen molar-refractivity contribution in [2.24, 2.45) is 0 Å². The van der Waals surface area contributed by atoms with E-state index < -0.39 is 0 Å². The van der Waals surface area contributed by atoms with Crippen LogP contribution in [0.4, 0.5) is 0 Å². The molecular formula is C18H14BrClS. The molecule has 3 heteroatoms. The fourth-order valence-corrected chi connectivity index (χ4v) is 3.94. The molecule has 0 aliphatic rings. The van der Waals surface area contributed by atoms with E-state index in [0.29, 0.717) is 0 Å². The second-order valence-electron chi connectivity index (χ2n) is 4.94. The molecule has 0 amide bonds. The first-order chi connectivity index (χ1) is 10.2. The summed E-state index contributed by atoms with van der Waals surface area (Å²) < 4.78 is 1.07. The first-order valence-corrected chi connectivity index (χ1v) is 8.75. The van der Waals surface area contributed by atoms with E-state index in [9.17, 15) is 0 Å². The van der Waals surface area contributed by atoms with Crippen LogP contribution in [-0.4, -0.2) is 0 Å². The van der Waals surface area contributed by atoms with Gasteiger partial charge in [0.2, 0.25) is 0 Å². The van der Waals surface area contributed by atoms with Crippen LogP contribution in [0.1, 0.15) is 20.9 Å². The maximum atomic E-state index is 6.27. The van der Waals surface area contributed by atoms with Crippen molar-refractivity contribution in [1.29, 1.82) is 0 Å². The van der Waals surface area contributed by atoms with Crippen LogP contribution < -0.4 is 0 Å². The van der Waals surface area contributed by atoms with Gasteiger partial charge in [-0.1, -0.05) is 57.9 Å². The average molecular weight is 378 g/mol. The zero-order chi connectivity index (χ0) is 14.7. The predicted molar refractivity (Wildman–Crippen MR) is 95.5 cm³/mol. The SMILES string of the molecule is Clc1ccc(Br)cc1Cc1ccc(Cc2ccccc2)s1. The third kappa shape index (κ3) is 3.97. The number of thiophene rings is 1. The lowest BCUT2D eigenvalue weighted by molar-refractivity contribution is 1.23. The zero-order valence-corrected chi connectivity index (χ0v) is 14.5. The lowest BCUT2D eigenvalue weighted by atomic mass is 10.1. The van der Waals surface area contributed by atoms with Crippen molar-refractivity contribution in [3.8, 4) is 0 Å². The minimum absolute atomic E-state index is 0.830. The lowest BCUT2D eigenvalue weighted by Gasteiger charge is -2.03. The molecule has 0 bridgehead atoms. The Kier molecular flexibility index (Phi) is 4.79. The van der Waals surface area contributed by atoms with Crippen LogP contribution in [-0.2, 0) is 12.8 Å². The number of rotatable bonds is 4. The number of halogens is 2. The topological polar surface area (TPSA) is 0 Å². The molecule has 0 nitrogen and oxygen atoms in total. The van der Waals surface area contributed by atoms with Crippen LogP contribution in [0, 0.1) is 0 Å². The molecular weight excluding hydrogens is 364 g/mol. The van der Waals surface area contributed by atoms with E-state index >= 15 is 0 Å². The second kappa shape index (κ2) is 6.78. The van der Waals surface area contributed by atoms with Gasteiger partial charge in [-0.3, -0.25) is 0 Å². The highest BCUT2D eigenvalue weighted by Crippen LogP contribution is 2.27. The Morgan fingerprint density at radius 1 is 0.857 bits per heavy atom. The van der Waals surface area contributed by atoms with Gasteiger partial charge in [-0.2, -0.15) is 0 Å². The van der Waals surface area contributed by atoms with Crippen molar-refractivity contribution in [2.45, 2.75) is 12.8 Å². The smallest absolute Gasteiger partial charge is 0.0442 e. The highest BCUT2D eigenvalue weighted by Gasteiger charge is 2.06. The van der Waals surface area contributed by atoms with Crippen molar-refractivity contribution < 1.29 is 0 Å². The van der Waals surface area contributed by atoms with E-state index in [-0.39, 0.29) is 0 Å². The first-order valence-electron chi connectivity index (χ1n) is 6.76. The molecule has 0 fully saturated rings. The third-order valence-corrected chi connectivity index (χ3v) is 5.26. The van der Waals surface area contributed by atoms with Crippen molar-refractivity contribution in [3.63, 3.8) is 0 Å². The van der Waals surface area contributed by atoms with E-state index in [1.54, 1.807) is 0 Å². The molecule has 0 aliphatic carbocycles. The van der Waals surface area contributed by atoms with Crippen LogP contribution in [0.5, 0.6) is 0 Å². The fourth-order valence-electron chi connectivity index (χ4n) is 2.28. The van der Waals surface area contributed by atoms with E-state index in [1.807, 2.05) is 23.5 Å². The van der Waals surface area contributed by atoms with Crippen molar-refractivity contribution >= 4 is 38.9 Å². The lowest BCUT2D eigenvalue weighted by Crippen LogP contribution is -1.86. The van der Waals surface area contributed by atoms with Gasteiger partial charge in [0.25, 0.3) is 0 Å². The molecule has 0 saturated carbocycles. The monoisotopic (exact) mass is 376 g/mol. The van der Waals surface area contributed by atoms with Crippen LogP contribution in [0.2, 0.25) is 5.02 Å². The molecule has 0 radical (unpaired) electrons. The normalized spacial score (nSPS) is 10.8. The summed E-state index contributed by atoms with van der Waals surface area (Å²) in [6.07, 6.45) is 1.88. The quantitative estimate of drug-likeness (QED) is 0.497. The Morgan fingerprint density at radius 2 is 1.57 bits per heavy atom. The summed E-state index contributed by atoms with van der Waals surface area (Å²) in [6.45, 7) is 0. The minimum Gasteiger partial charge on any atom is -0.145 e. The first kappa shape index (κ1) is 14.8. The molecule has 3 rings (SSSR count). The maximum Gasteiger partial charge on any atom is 0.0442 e. The minimum atomic E-state index is 0.830. The Hall–Kier alpha value is -1.09. The van der Waals surface area contributed by atoms with Gasteiger partial charge in [-0.15, -0.1) is 11.3 Å². The summed E-state index contributed by atoms with van der Waals surface area (Å²) in [5.41, 5.74) is 2.52. The molecule has 0 spiro atoms. The van der Waals surface area contributed by atoms with Gasteiger partial charge in [0.05, 0.1) is 0 Å². The Bertz CT molecular complexity index is 734. The predicted octanol–water partition coefficient (Wildman–Crippen LogP) is 6.35. The molecule has 21 heavy (non-hydrogen) atoms. The Balaban J connectivity index is 1.75. The van der Waals surface area contributed by atoms with E-state index in [2.05, 4.69) is 64.5 Å². The molecule has 0 unspecified atom stereocenters. The fraction of sp³-hybridized carbons (Fsp3) is 0.111. The second-order valence-corrected chi connectivity index (χ2v) is 7.52. The number of hydrogen-bond acceptors (Lipinski definition) is 1. The molecule has 0 saturated heterocycles. The van der Waals surface area contributed by atoms with Gasteiger partial charge in [-0.05, 0) is 41.5 Å². The summed E-state index contributed by atoms with van der Waals surface area (Å²) >= 11 is 11.6. The summed E-state index contributed by atoms with van der Waals surface area (Å²) in [7, 11) is 0. The molecule has 1 heterocycles. The van der Waals surface area contributed by atoms with Gasteiger partial charge in [0.15, 0.2) is 0 Å². The molecule has 1 aromatic heterocycles. The summed E-state index contributed by atoms with van der Waals surface area (Å²) in [6, 6.07) is 21.0. The van der Waals surface area contributed by atoms with Gasteiger partial charge in [0, 0.05) is 32.1 Å². The number of benzene rings is 2. The zero-order valence-electron chi connectivity index (χ0n) is 11.4. The molecule has 2 aromatic carbocycles. The van der Waals surface area contributed by atoms with Crippen molar-refractivity contribution in [1.82, 2.24) is 0 Å². The summed E-state index contributed by atoms with van der Waals surface area (Å²) in [5, 5.41) is 0.830. The molecule has 106 valence electrons. The van der Waals surface area contributed by atoms with E-state index in [1.165, 1.54) is 20.9 Å². The van der Waals surface area contributed by atoms with Crippen molar-refractivity contribution in [2.75, 3.05) is 0 Å². The van der Waals surface area contributed by atoms with Gasteiger partial charge < -0.3 is 0 Å². The Labute approximate surface area is 142 Å². The molecule has 0 aliphatic heterocycles. The van der Waals surface area contributed by atoms with Gasteiger partial charge in [0.1, 0.15) is 0 Å². The van der Waals surface area contributed by atoms with Crippen LogP contribution in [0.25, 0.3) is 0 Å². The number of hydrogen-bond donors (Lipinski definition) is 0. The highest BCUT2D eigenvalue weighted by molar-refractivity contribution is 9.10. The Morgan fingerprint density at radius 3 is 2.33 bits per heavy atom. The van der Waals surface area contributed by atoms with Gasteiger partial charge in [-0.25, -0.2) is 0 Å². The van der Waals surface area contributed by atoms with Crippen LogP contribution >= 0.6 is 38.9 Å². The standard InChI is InChI=1S/C18H14BrClS/c19-15-6-9-18(20)14(11-15)12-17-8-7-16(21-17)10-13-4-2-1-3-5-13/h1-9,11H,10,12H2. The largest absolute Gasteiger partial charge is 0.145 e. The van der Waals surface area contributed by atoms with Gasteiger partial charge >= 0.3 is 0 Å². The summed E-state index contributed by atoms with van der Waals surface area (Å²) in [4.78, 5) is 2.74. The van der Waals surface area contributed by atoms with E-state index in [0.717, 1.165) is 22.3 Å².